The molecule has 0 aliphatic carbocycles. The van der Waals surface area contributed by atoms with Crippen molar-refractivity contribution in [1.82, 2.24) is 15.0 Å². The number of carbonyl (C=O) groups is 1. The van der Waals surface area contributed by atoms with Gasteiger partial charge in [0.1, 0.15) is 11.4 Å². The Morgan fingerprint density at radius 1 is 1.20 bits per heavy atom. The summed E-state index contributed by atoms with van der Waals surface area (Å²) in [6.45, 7) is 6.70. The van der Waals surface area contributed by atoms with E-state index in [1.54, 1.807) is 12.1 Å². The average Bonchev–Trinajstić information content (AvgIpc) is 3.17. The van der Waals surface area contributed by atoms with Crippen LogP contribution in [0.5, 0.6) is 11.5 Å². The first kappa shape index (κ1) is 21.5. The van der Waals surface area contributed by atoms with Gasteiger partial charge in [-0.25, -0.2) is 10.4 Å². The van der Waals surface area contributed by atoms with Gasteiger partial charge in [-0.3, -0.25) is 14.2 Å². The molecule has 0 atom stereocenters. The Labute approximate surface area is 178 Å². The molecule has 0 saturated heterocycles. The molecule has 30 heavy (non-hydrogen) atoms. The van der Waals surface area contributed by atoms with Gasteiger partial charge in [0, 0.05) is 4.88 Å². The molecule has 0 unspecified atom stereocenters. The van der Waals surface area contributed by atoms with E-state index in [1.807, 2.05) is 32.9 Å². The van der Waals surface area contributed by atoms with Crippen LogP contribution in [-0.4, -0.2) is 34.9 Å². The van der Waals surface area contributed by atoms with Crippen LogP contribution in [0.1, 0.15) is 31.2 Å². The number of hydrogen-bond donors (Lipinski definition) is 1. The number of hydrogen-bond acceptors (Lipinski definition) is 7. The minimum absolute atomic E-state index is 0.163. The molecule has 0 aliphatic heterocycles. The van der Waals surface area contributed by atoms with Crippen molar-refractivity contribution in [2.45, 2.75) is 33.7 Å². The van der Waals surface area contributed by atoms with Crippen molar-refractivity contribution in [3.8, 4) is 11.5 Å². The molecule has 0 bridgehead atoms. The van der Waals surface area contributed by atoms with Crippen LogP contribution in [0.3, 0.4) is 0 Å². The monoisotopic (exact) mass is 428 g/mol. The summed E-state index contributed by atoms with van der Waals surface area (Å²) in [5, 5.41) is 4.50. The number of aromatic nitrogens is 2. The van der Waals surface area contributed by atoms with Crippen LogP contribution in [0.4, 0.5) is 0 Å². The number of nitrogens with zero attached hydrogens (tertiary/aromatic N) is 3. The van der Waals surface area contributed by atoms with Gasteiger partial charge in [0.15, 0.2) is 11.5 Å². The molecule has 3 aromatic rings. The maximum absolute atomic E-state index is 12.6. The first-order valence-corrected chi connectivity index (χ1v) is 10.6. The Balaban J connectivity index is 1.66. The van der Waals surface area contributed by atoms with Crippen LogP contribution < -0.4 is 20.5 Å². The first-order valence-electron chi connectivity index (χ1n) is 9.75. The largest absolute Gasteiger partial charge is 0.490 e. The van der Waals surface area contributed by atoms with E-state index < -0.39 is 5.91 Å². The number of hydrazone groups is 1. The topological polar surface area (TPSA) is 94.8 Å². The predicted octanol–water partition coefficient (Wildman–Crippen LogP) is 2.97. The molecule has 3 rings (SSSR count). The van der Waals surface area contributed by atoms with E-state index in [1.165, 1.54) is 28.4 Å². The minimum Gasteiger partial charge on any atom is -0.490 e. The van der Waals surface area contributed by atoms with Gasteiger partial charge in [-0.05, 0) is 50.1 Å². The summed E-state index contributed by atoms with van der Waals surface area (Å²) in [6, 6.07) is 7.23. The fourth-order valence-corrected chi connectivity index (χ4v) is 3.74. The summed E-state index contributed by atoms with van der Waals surface area (Å²) in [5.74, 6) is 0.849. The molecule has 0 radical (unpaired) electrons. The third-order valence-electron chi connectivity index (χ3n) is 4.20. The highest BCUT2D eigenvalue weighted by Crippen LogP contribution is 2.28. The quantitative estimate of drug-likeness (QED) is 0.418. The van der Waals surface area contributed by atoms with Crippen LogP contribution in [0.2, 0.25) is 0 Å². The van der Waals surface area contributed by atoms with Gasteiger partial charge in [0.2, 0.25) is 0 Å². The fourth-order valence-electron chi connectivity index (χ4n) is 2.81. The normalized spacial score (nSPS) is 11.2. The second-order valence-corrected chi connectivity index (χ2v) is 7.44. The van der Waals surface area contributed by atoms with Gasteiger partial charge in [0.25, 0.3) is 11.5 Å². The zero-order chi connectivity index (χ0) is 21.5. The van der Waals surface area contributed by atoms with Gasteiger partial charge in [0.05, 0.1) is 31.1 Å². The van der Waals surface area contributed by atoms with E-state index >= 15 is 0 Å². The molecule has 1 amide bonds. The Morgan fingerprint density at radius 2 is 1.97 bits per heavy atom. The third-order valence-corrected chi connectivity index (χ3v) is 5.39. The Hall–Kier alpha value is -3.20. The number of thiophene rings is 1. The lowest BCUT2D eigenvalue weighted by Crippen LogP contribution is -2.29. The molecule has 1 N–H and O–H groups in total. The van der Waals surface area contributed by atoms with Gasteiger partial charge >= 0.3 is 0 Å². The minimum atomic E-state index is -0.420. The van der Waals surface area contributed by atoms with Crippen molar-refractivity contribution in [3.05, 3.63) is 51.4 Å². The van der Waals surface area contributed by atoms with Crippen LogP contribution in [0.15, 0.2) is 40.5 Å². The zero-order valence-corrected chi connectivity index (χ0v) is 18.0. The van der Waals surface area contributed by atoms with Gasteiger partial charge < -0.3 is 9.47 Å². The Bertz CT molecular complexity index is 1120. The second-order valence-electron chi connectivity index (χ2n) is 6.33. The maximum Gasteiger partial charge on any atom is 0.262 e. The molecule has 2 aromatic heterocycles. The number of benzene rings is 1. The van der Waals surface area contributed by atoms with Crippen LogP contribution in [-0.2, 0) is 17.8 Å². The standard InChI is InChI=1S/C21H24N4O4S/c1-4-15-10-16-20(30-15)22-13-25(21(16)27)12-19(26)24-23-11-14-7-8-17(28-5-2)18(9-14)29-6-3/h7-11,13H,4-6,12H2,1-3H3,(H,24,26)/b23-11-. The van der Waals surface area contributed by atoms with Crippen molar-refractivity contribution < 1.29 is 14.3 Å². The summed E-state index contributed by atoms with van der Waals surface area (Å²) in [5.41, 5.74) is 2.95. The molecule has 0 spiro atoms. The Morgan fingerprint density at radius 3 is 2.70 bits per heavy atom. The van der Waals surface area contributed by atoms with E-state index in [4.69, 9.17) is 9.47 Å². The molecule has 8 nitrogen and oxygen atoms in total. The SMILES string of the molecule is CCOc1ccc(/C=N\NC(=O)Cn2cnc3sc(CC)cc3c2=O)cc1OCC. The van der Waals surface area contributed by atoms with Crippen molar-refractivity contribution in [2.24, 2.45) is 5.10 Å². The van der Waals surface area contributed by atoms with Crippen molar-refractivity contribution in [1.29, 1.82) is 0 Å². The zero-order valence-electron chi connectivity index (χ0n) is 17.2. The molecule has 158 valence electrons. The van der Waals surface area contributed by atoms with Crippen molar-refractivity contribution in [3.63, 3.8) is 0 Å². The van der Waals surface area contributed by atoms with E-state index in [0.29, 0.717) is 34.9 Å². The molecule has 9 heteroatoms. The molecular formula is C21H24N4O4S. The molecule has 0 aliphatic rings. The van der Waals surface area contributed by atoms with Crippen molar-refractivity contribution in [2.75, 3.05) is 13.2 Å². The number of carbonyl (C=O) groups excluding carboxylic acids is 1. The molecular weight excluding hydrogens is 404 g/mol. The van der Waals surface area contributed by atoms with E-state index in [2.05, 4.69) is 15.5 Å². The number of amides is 1. The highest BCUT2D eigenvalue weighted by Gasteiger charge is 2.11. The average molecular weight is 429 g/mol. The van der Waals surface area contributed by atoms with Crippen LogP contribution in [0, 0.1) is 0 Å². The molecule has 0 saturated carbocycles. The number of ether oxygens (including phenoxy) is 2. The first-order chi connectivity index (χ1) is 14.5. The summed E-state index contributed by atoms with van der Waals surface area (Å²) < 4.78 is 12.4. The lowest BCUT2D eigenvalue weighted by molar-refractivity contribution is -0.121. The van der Waals surface area contributed by atoms with Crippen molar-refractivity contribution >= 4 is 33.7 Å². The summed E-state index contributed by atoms with van der Waals surface area (Å²) in [4.78, 5) is 30.8. The highest BCUT2D eigenvalue weighted by atomic mass is 32.1. The smallest absolute Gasteiger partial charge is 0.262 e. The summed E-state index contributed by atoms with van der Waals surface area (Å²) >= 11 is 1.49. The highest BCUT2D eigenvalue weighted by molar-refractivity contribution is 7.18. The maximum atomic E-state index is 12.6. The van der Waals surface area contributed by atoms with Crippen LogP contribution in [0.25, 0.3) is 10.2 Å². The van der Waals surface area contributed by atoms with Gasteiger partial charge in [-0.15, -0.1) is 11.3 Å². The number of nitrogens with one attached hydrogen (secondary N) is 1. The van der Waals surface area contributed by atoms with E-state index in [-0.39, 0.29) is 12.1 Å². The predicted molar refractivity (Wildman–Crippen MR) is 118 cm³/mol. The summed E-state index contributed by atoms with van der Waals surface area (Å²) in [6.07, 6.45) is 3.74. The van der Waals surface area contributed by atoms with Crippen LogP contribution >= 0.6 is 11.3 Å². The molecule has 1 aromatic carbocycles. The fraction of sp³-hybridized carbons (Fsp3) is 0.333. The third kappa shape index (κ3) is 5.04. The van der Waals surface area contributed by atoms with E-state index in [9.17, 15) is 9.59 Å². The summed E-state index contributed by atoms with van der Waals surface area (Å²) in [7, 11) is 0. The van der Waals surface area contributed by atoms with Gasteiger partial charge in [-0.2, -0.15) is 5.10 Å². The Kier molecular flexibility index (Phi) is 7.18. The molecule has 0 fully saturated rings. The van der Waals surface area contributed by atoms with Gasteiger partial charge in [-0.1, -0.05) is 6.92 Å². The molecule has 2 heterocycles. The number of fused-ring (bicyclic) bond motifs is 1. The number of rotatable bonds is 9. The van der Waals surface area contributed by atoms with E-state index in [0.717, 1.165) is 16.9 Å². The second kappa shape index (κ2) is 10.0. The lowest BCUT2D eigenvalue weighted by Gasteiger charge is -2.11. The number of aryl methyl sites for hydroxylation is 1. The lowest BCUT2D eigenvalue weighted by atomic mass is 10.2.